The van der Waals surface area contributed by atoms with Gasteiger partial charge in [-0.2, -0.15) is 0 Å². The Hall–Kier alpha value is -1.14. The smallest absolute Gasteiger partial charge is 0.271 e. The first-order valence-corrected chi connectivity index (χ1v) is 7.40. The van der Waals surface area contributed by atoms with Gasteiger partial charge in [-0.25, -0.2) is 0 Å². The molecule has 1 fully saturated rings. The molecule has 1 heterocycles. The molecule has 0 bridgehead atoms. The fourth-order valence-electron chi connectivity index (χ4n) is 2.09. The molecule has 0 aromatic heterocycles. The zero-order valence-corrected chi connectivity index (χ0v) is 11.5. The van der Waals surface area contributed by atoms with E-state index in [9.17, 15) is 14.3 Å². The van der Waals surface area contributed by atoms with Gasteiger partial charge in [-0.3, -0.25) is 14.3 Å². The number of halogens is 1. The van der Waals surface area contributed by atoms with Crippen LogP contribution in [0.4, 0.5) is 11.4 Å². The first kappa shape index (κ1) is 13.3. The minimum Gasteiger partial charge on any atom is -0.368 e. The van der Waals surface area contributed by atoms with Gasteiger partial charge in [0.05, 0.1) is 15.6 Å². The quantitative estimate of drug-likeness (QED) is 0.618. The molecule has 18 heavy (non-hydrogen) atoms. The number of benzene rings is 1. The molecule has 1 aliphatic heterocycles. The number of non-ortho nitro benzene ring substituents is 1. The maximum absolute atomic E-state index is 11.3. The maximum Gasteiger partial charge on any atom is 0.271 e. The van der Waals surface area contributed by atoms with Crippen LogP contribution in [0.5, 0.6) is 0 Å². The van der Waals surface area contributed by atoms with Crippen LogP contribution in [0.25, 0.3) is 0 Å². The monoisotopic (exact) mass is 288 g/mol. The van der Waals surface area contributed by atoms with Crippen LogP contribution in [0.3, 0.4) is 0 Å². The zero-order valence-electron chi connectivity index (χ0n) is 9.89. The summed E-state index contributed by atoms with van der Waals surface area (Å²) in [5, 5.41) is 11.1. The van der Waals surface area contributed by atoms with Crippen molar-refractivity contribution < 1.29 is 9.13 Å². The standard InChI is InChI=1S/C11H13ClN2O3S/c1-8-6-9(14(15)16)7-10(12)11(8)13-2-4-18(17)5-3-13/h6-7H,2-5H2,1H3. The van der Waals surface area contributed by atoms with Crippen molar-refractivity contribution in [2.45, 2.75) is 6.92 Å². The molecule has 1 saturated heterocycles. The van der Waals surface area contributed by atoms with E-state index in [0.717, 1.165) is 11.3 Å². The summed E-state index contributed by atoms with van der Waals surface area (Å²) in [6.07, 6.45) is 0. The Labute approximate surface area is 112 Å². The lowest BCUT2D eigenvalue weighted by atomic mass is 10.1. The fourth-order valence-corrected chi connectivity index (χ4v) is 3.52. The van der Waals surface area contributed by atoms with Crippen molar-refractivity contribution in [3.63, 3.8) is 0 Å². The number of hydrogen-bond acceptors (Lipinski definition) is 4. The summed E-state index contributed by atoms with van der Waals surface area (Å²) >= 11 is 6.13. The molecule has 1 aliphatic rings. The Morgan fingerprint density at radius 2 is 2.00 bits per heavy atom. The van der Waals surface area contributed by atoms with Crippen molar-refractivity contribution >= 4 is 33.8 Å². The maximum atomic E-state index is 11.3. The van der Waals surface area contributed by atoms with Crippen LogP contribution in [0.1, 0.15) is 5.56 Å². The van der Waals surface area contributed by atoms with Gasteiger partial charge in [-0.15, -0.1) is 0 Å². The van der Waals surface area contributed by atoms with Crippen LogP contribution in [0.15, 0.2) is 12.1 Å². The van der Waals surface area contributed by atoms with Crippen LogP contribution in [0.2, 0.25) is 5.02 Å². The molecule has 0 aliphatic carbocycles. The Morgan fingerprint density at radius 3 is 2.50 bits per heavy atom. The third-order valence-electron chi connectivity index (χ3n) is 2.94. The average Bonchev–Trinajstić information content (AvgIpc) is 2.30. The van der Waals surface area contributed by atoms with Gasteiger partial charge in [0.2, 0.25) is 0 Å². The summed E-state index contributed by atoms with van der Waals surface area (Å²) in [5.74, 6) is 1.24. The lowest BCUT2D eigenvalue weighted by Crippen LogP contribution is -2.38. The van der Waals surface area contributed by atoms with Gasteiger partial charge >= 0.3 is 0 Å². The van der Waals surface area contributed by atoms with E-state index in [1.165, 1.54) is 12.1 Å². The molecule has 0 amide bonds. The molecular formula is C11H13ClN2O3S. The second-order valence-electron chi connectivity index (χ2n) is 4.19. The summed E-state index contributed by atoms with van der Waals surface area (Å²) in [5.41, 5.74) is 1.60. The molecule has 98 valence electrons. The van der Waals surface area contributed by atoms with Gasteiger partial charge in [0.1, 0.15) is 0 Å². The Bertz CT molecular complexity index is 488. The first-order valence-electron chi connectivity index (χ1n) is 5.53. The second-order valence-corrected chi connectivity index (χ2v) is 6.29. The molecule has 0 unspecified atom stereocenters. The van der Waals surface area contributed by atoms with Gasteiger partial charge in [0.25, 0.3) is 5.69 Å². The minimum atomic E-state index is -0.753. The molecule has 2 rings (SSSR count). The van der Waals surface area contributed by atoms with E-state index in [0.29, 0.717) is 29.6 Å². The predicted octanol–water partition coefficient (Wildman–Crippen LogP) is 2.13. The Kier molecular flexibility index (Phi) is 3.87. The highest BCUT2D eigenvalue weighted by Gasteiger charge is 2.21. The highest BCUT2D eigenvalue weighted by atomic mass is 35.5. The molecule has 1 aromatic rings. The summed E-state index contributed by atoms with van der Waals surface area (Å²) < 4.78 is 11.3. The van der Waals surface area contributed by atoms with Crippen molar-refractivity contribution in [1.82, 2.24) is 0 Å². The van der Waals surface area contributed by atoms with Crippen molar-refractivity contribution in [1.29, 1.82) is 0 Å². The highest BCUT2D eigenvalue weighted by Crippen LogP contribution is 2.34. The lowest BCUT2D eigenvalue weighted by Gasteiger charge is -2.30. The summed E-state index contributed by atoms with van der Waals surface area (Å²) in [6, 6.07) is 2.89. The number of hydrogen-bond donors (Lipinski definition) is 0. The third-order valence-corrected chi connectivity index (χ3v) is 4.51. The SMILES string of the molecule is Cc1cc([N+](=O)[O-])cc(Cl)c1N1CCS(=O)CC1. The molecule has 1 aromatic carbocycles. The summed E-state index contributed by atoms with van der Waals surface area (Å²) in [6.45, 7) is 3.15. The number of nitro benzene ring substituents is 1. The molecule has 0 radical (unpaired) electrons. The van der Waals surface area contributed by atoms with E-state index in [-0.39, 0.29) is 5.69 Å². The predicted molar refractivity (Wildman–Crippen MR) is 72.9 cm³/mol. The van der Waals surface area contributed by atoms with Gasteiger partial charge in [-0.1, -0.05) is 11.6 Å². The summed E-state index contributed by atoms with van der Waals surface area (Å²) in [7, 11) is -0.753. The van der Waals surface area contributed by atoms with Gasteiger partial charge in [-0.05, 0) is 12.5 Å². The van der Waals surface area contributed by atoms with Gasteiger partial charge < -0.3 is 4.90 Å². The number of nitro groups is 1. The average molecular weight is 289 g/mol. The van der Waals surface area contributed by atoms with Crippen LogP contribution in [-0.4, -0.2) is 33.7 Å². The molecule has 0 N–H and O–H groups in total. The molecule has 0 atom stereocenters. The summed E-state index contributed by atoms with van der Waals surface area (Å²) in [4.78, 5) is 12.3. The minimum absolute atomic E-state index is 0.00170. The zero-order chi connectivity index (χ0) is 13.3. The van der Waals surface area contributed by atoms with E-state index in [1.54, 1.807) is 6.92 Å². The number of rotatable bonds is 2. The largest absolute Gasteiger partial charge is 0.368 e. The lowest BCUT2D eigenvalue weighted by molar-refractivity contribution is -0.384. The van der Waals surface area contributed by atoms with E-state index in [2.05, 4.69) is 0 Å². The van der Waals surface area contributed by atoms with Crippen molar-refractivity contribution in [3.8, 4) is 0 Å². The number of aryl methyl sites for hydroxylation is 1. The molecule has 5 nitrogen and oxygen atoms in total. The molecule has 0 saturated carbocycles. The van der Waals surface area contributed by atoms with Crippen molar-refractivity contribution in [2.24, 2.45) is 0 Å². The normalized spacial score (nSPS) is 16.9. The number of anilines is 1. The van der Waals surface area contributed by atoms with Gasteiger partial charge in [0, 0.05) is 47.5 Å². The number of nitrogens with zero attached hydrogens (tertiary/aromatic N) is 2. The van der Waals surface area contributed by atoms with Crippen LogP contribution in [0, 0.1) is 17.0 Å². The van der Waals surface area contributed by atoms with Crippen molar-refractivity contribution in [3.05, 3.63) is 32.8 Å². The van der Waals surface area contributed by atoms with E-state index in [4.69, 9.17) is 11.6 Å². The molecule has 0 spiro atoms. The molecular weight excluding hydrogens is 276 g/mol. The highest BCUT2D eigenvalue weighted by molar-refractivity contribution is 7.85. The van der Waals surface area contributed by atoms with E-state index in [1.807, 2.05) is 4.90 Å². The van der Waals surface area contributed by atoms with Crippen LogP contribution < -0.4 is 4.90 Å². The third kappa shape index (κ3) is 2.64. The second kappa shape index (κ2) is 5.24. The Balaban J connectivity index is 2.33. The topological polar surface area (TPSA) is 63.5 Å². The van der Waals surface area contributed by atoms with Crippen LogP contribution in [-0.2, 0) is 10.8 Å². The van der Waals surface area contributed by atoms with Gasteiger partial charge in [0.15, 0.2) is 0 Å². The van der Waals surface area contributed by atoms with Crippen molar-refractivity contribution in [2.75, 3.05) is 29.5 Å². The Morgan fingerprint density at radius 1 is 1.39 bits per heavy atom. The van der Waals surface area contributed by atoms with E-state index < -0.39 is 15.7 Å². The van der Waals surface area contributed by atoms with Crippen LogP contribution >= 0.6 is 11.6 Å². The fraction of sp³-hybridized carbons (Fsp3) is 0.455. The first-order chi connectivity index (χ1) is 8.49. The van der Waals surface area contributed by atoms with E-state index >= 15 is 0 Å². The molecule has 7 heteroatoms.